The molecule has 1 aromatic carbocycles. The van der Waals surface area contributed by atoms with Gasteiger partial charge in [-0.15, -0.1) is 0 Å². The van der Waals surface area contributed by atoms with Crippen molar-refractivity contribution in [3.8, 4) is 11.5 Å². The first kappa shape index (κ1) is 18.8. The zero-order valence-corrected chi connectivity index (χ0v) is 13.8. The van der Waals surface area contributed by atoms with E-state index in [1.54, 1.807) is 23.5 Å². The van der Waals surface area contributed by atoms with Crippen LogP contribution in [0.4, 0.5) is 5.69 Å². The van der Waals surface area contributed by atoms with E-state index in [2.05, 4.69) is 5.32 Å². The van der Waals surface area contributed by atoms with E-state index in [0.29, 0.717) is 23.7 Å². The lowest BCUT2D eigenvalue weighted by Crippen LogP contribution is -2.93. The number of hydrogen-bond donors (Lipinski definition) is 2. The molecule has 0 radical (unpaired) electrons. The number of hydrogen-bond acceptors (Lipinski definition) is 5. The summed E-state index contributed by atoms with van der Waals surface area (Å²) in [6.07, 6.45) is 1.68. The van der Waals surface area contributed by atoms with Gasteiger partial charge < -0.3 is 30.0 Å². The zero-order valence-electron chi connectivity index (χ0n) is 13.8. The quantitative estimate of drug-likeness (QED) is 0.565. The van der Waals surface area contributed by atoms with Crippen LogP contribution in [-0.2, 0) is 9.59 Å². The highest BCUT2D eigenvalue weighted by Crippen LogP contribution is 2.29. The van der Waals surface area contributed by atoms with Crippen LogP contribution in [-0.4, -0.2) is 38.7 Å². The van der Waals surface area contributed by atoms with Crippen LogP contribution in [0, 0.1) is 0 Å². The van der Waals surface area contributed by atoms with Gasteiger partial charge in [-0.05, 0) is 18.6 Å². The van der Waals surface area contributed by atoms with Gasteiger partial charge in [-0.3, -0.25) is 4.79 Å². The molecule has 0 heterocycles. The van der Waals surface area contributed by atoms with Gasteiger partial charge in [-0.25, -0.2) is 0 Å². The summed E-state index contributed by atoms with van der Waals surface area (Å²) in [5.74, 6) is -0.605. The first-order valence-corrected chi connectivity index (χ1v) is 7.57. The average molecular weight is 324 g/mol. The summed E-state index contributed by atoms with van der Waals surface area (Å²) in [5.41, 5.74) is 0.462. The maximum absolute atomic E-state index is 12.1. The van der Waals surface area contributed by atoms with Crippen molar-refractivity contribution in [2.24, 2.45) is 0 Å². The molecule has 128 valence electrons. The first-order valence-electron chi connectivity index (χ1n) is 7.57. The molecule has 0 saturated carbocycles. The molecule has 0 saturated heterocycles. The number of unbranched alkanes of at least 4 members (excludes halogenated alkanes) is 1. The lowest BCUT2D eigenvalue weighted by molar-refractivity contribution is -0.682. The van der Waals surface area contributed by atoms with Crippen molar-refractivity contribution in [3.05, 3.63) is 18.2 Å². The second kappa shape index (κ2) is 9.68. The number of amides is 1. The molecule has 1 rings (SSSR count). The molecule has 3 N–H and O–H groups in total. The second-order valence-corrected chi connectivity index (χ2v) is 5.12. The van der Waals surface area contributed by atoms with Crippen molar-refractivity contribution in [1.82, 2.24) is 0 Å². The Morgan fingerprint density at radius 1 is 1.30 bits per heavy atom. The van der Waals surface area contributed by atoms with Crippen LogP contribution in [0.25, 0.3) is 0 Å². The highest BCUT2D eigenvalue weighted by Gasteiger charge is 2.19. The Morgan fingerprint density at radius 2 is 2.04 bits per heavy atom. The van der Waals surface area contributed by atoms with E-state index >= 15 is 0 Å². The number of quaternary nitrogens is 1. The highest BCUT2D eigenvalue weighted by molar-refractivity contribution is 5.94. The number of nitrogens with two attached hydrogens (primary N) is 1. The van der Waals surface area contributed by atoms with Gasteiger partial charge in [-0.2, -0.15) is 0 Å². The van der Waals surface area contributed by atoms with E-state index in [-0.39, 0.29) is 6.42 Å². The molecule has 7 nitrogen and oxygen atoms in total. The Hall–Kier alpha value is -2.28. The van der Waals surface area contributed by atoms with Crippen molar-refractivity contribution in [2.75, 3.05) is 26.1 Å². The van der Waals surface area contributed by atoms with E-state index < -0.39 is 17.9 Å². The van der Waals surface area contributed by atoms with Crippen molar-refractivity contribution in [1.29, 1.82) is 0 Å². The number of carbonyl (C=O) groups excluding carboxylic acids is 2. The van der Waals surface area contributed by atoms with Crippen molar-refractivity contribution in [3.63, 3.8) is 0 Å². The highest BCUT2D eigenvalue weighted by atomic mass is 16.5. The number of rotatable bonds is 10. The molecule has 0 aliphatic heterocycles. The van der Waals surface area contributed by atoms with Crippen LogP contribution < -0.4 is 25.2 Å². The fourth-order valence-electron chi connectivity index (χ4n) is 2.09. The van der Waals surface area contributed by atoms with Crippen molar-refractivity contribution >= 4 is 17.6 Å². The number of carboxylic acid groups (broad SMARTS) is 1. The molecule has 7 heteroatoms. The molecular formula is C16H24N2O5. The number of benzene rings is 1. The summed E-state index contributed by atoms with van der Waals surface area (Å²) in [6.45, 7) is 2.67. The Labute approximate surface area is 136 Å². The maximum atomic E-state index is 12.1. The van der Waals surface area contributed by atoms with Gasteiger partial charge in [0, 0.05) is 6.07 Å². The van der Waals surface area contributed by atoms with Gasteiger partial charge in [0.2, 0.25) is 5.91 Å². The number of anilines is 1. The third-order valence-electron chi connectivity index (χ3n) is 3.40. The zero-order chi connectivity index (χ0) is 17.2. The molecule has 23 heavy (non-hydrogen) atoms. The third kappa shape index (κ3) is 6.15. The van der Waals surface area contributed by atoms with Crippen LogP contribution in [0.15, 0.2) is 18.2 Å². The number of ether oxygens (including phenoxy) is 2. The van der Waals surface area contributed by atoms with Crippen molar-refractivity contribution < 1.29 is 29.5 Å². The number of carbonyl (C=O) groups is 2. The van der Waals surface area contributed by atoms with Crippen LogP contribution in [0.5, 0.6) is 11.5 Å². The number of carboxylic acids is 1. The molecular weight excluding hydrogens is 300 g/mol. The van der Waals surface area contributed by atoms with Crippen LogP contribution in [0.2, 0.25) is 0 Å². The van der Waals surface area contributed by atoms with Gasteiger partial charge in [0.25, 0.3) is 0 Å². The fourth-order valence-corrected chi connectivity index (χ4v) is 2.09. The lowest BCUT2D eigenvalue weighted by Gasteiger charge is -2.17. The minimum absolute atomic E-state index is 0.165. The van der Waals surface area contributed by atoms with E-state index in [4.69, 9.17) is 9.47 Å². The van der Waals surface area contributed by atoms with Gasteiger partial charge in [0.15, 0.2) is 0 Å². The maximum Gasteiger partial charge on any atom is 0.230 e. The normalized spacial score (nSPS) is 11.6. The van der Waals surface area contributed by atoms with Crippen LogP contribution in [0.3, 0.4) is 0 Å². The molecule has 0 unspecified atom stereocenters. The topological polar surface area (TPSA) is 104 Å². The number of methoxy groups -OCH3 is 2. The Bertz CT molecular complexity index is 533. The first-order chi connectivity index (χ1) is 11.0. The second-order valence-electron chi connectivity index (χ2n) is 5.12. The lowest BCUT2D eigenvalue weighted by atomic mass is 10.1. The molecule has 0 bridgehead atoms. The van der Waals surface area contributed by atoms with Gasteiger partial charge in [0.1, 0.15) is 17.5 Å². The number of aliphatic carboxylic acids is 1. The van der Waals surface area contributed by atoms with Gasteiger partial charge >= 0.3 is 0 Å². The Morgan fingerprint density at radius 3 is 2.61 bits per heavy atom. The summed E-state index contributed by atoms with van der Waals surface area (Å²) < 4.78 is 10.3. The van der Waals surface area contributed by atoms with E-state index in [0.717, 1.165) is 12.8 Å². The van der Waals surface area contributed by atoms with Gasteiger partial charge in [0.05, 0.1) is 38.8 Å². The van der Waals surface area contributed by atoms with Crippen LogP contribution >= 0.6 is 0 Å². The molecule has 0 aliphatic carbocycles. The van der Waals surface area contributed by atoms with Gasteiger partial charge in [-0.1, -0.05) is 13.3 Å². The molecule has 0 aromatic heterocycles. The molecule has 1 amide bonds. The summed E-state index contributed by atoms with van der Waals surface area (Å²) in [5, 5.41) is 15.4. The minimum atomic E-state index is -1.24. The molecule has 0 spiro atoms. The van der Waals surface area contributed by atoms with E-state index in [1.807, 2.05) is 6.92 Å². The molecule has 0 fully saturated rings. The predicted octanol–water partition coefficient (Wildman–Crippen LogP) is -0.486. The summed E-state index contributed by atoms with van der Waals surface area (Å²) in [6, 6.07) is 4.07. The predicted molar refractivity (Wildman–Crippen MR) is 83.3 cm³/mol. The Kier molecular flexibility index (Phi) is 7.90. The van der Waals surface area contributed by atoms with E-state index in [9.17, 15) is 14.7 Å². The van der Waals surface area contributed by atoms with Crippen LogP contribution in [0.1, 0.15) is 26.2 Å². The SMILES string of the molecule is CCCC[NH2+][C@@H](CC(=O)Nc1ccc(OC)cc1OC)C(=O)[O-]. The Balaban J connectivity index is 2.68. The smallest absolute Gasteiger partial charge is 0.230 e. The van der Waals surface area contributed by atoms with E-state index in [1.165, 1.54) is 14.2 Å². The molecule has 1 aromatic rings. The summed E-state index contributed by atoms with van der Waals surface area (Å²) in [7, 11) is 3.01. The summed E-state index contributed by atoms with van der Waals surface area (Å²) >= 11 is 0. The monoisotopic (exact) mass is 324 g/mol. The molecule has 0 aliphatic rings. The third-order valence-corrected chi connectivity index (χ3v) is 3.40. The minimum Gasteiger partial charge on any atom is -0.544 e. The largest absolute Gasteiger partial charge is 0.544 e. The summed E-state index contributed by atoms with van der Waals surface area (Å²) in [4.78, 5) is 23.2. The van der Waals surface area contributed by atoms with Crippen molar-refractivity contribution in [2.45, 2.75) is 32.2 Å². The average Bonchev–Trinajstić information content (AvgIpc) is 2.54. The molecule has 1 atom stereocenters. The number of nitrogens with one attached hydrogen (secondary N) is 1. The standard InChI is InChI=1S/C16H24N2O5/c1-4-5-8-17-13(16(20)21)10-15(19)18-12-7-6-11(22-2)9-14(12)23-3/h6-7,9,13,17H,4-5,8,10H2,1-3H3,(H,18,19)(H,20,21)/t13-/m0/s1. The fraction of sp³-hybridized carbons (Fsp3) is 0.500.